The number of rotatable bonds is 8. The Balaban J connectivity index is 1.44. The molecule has 0 aliphatic heterocycles. The van der Waals surface area contributed by atoms with Gasteiger partial charge in [0.05, 0.1) is 31.0 Å². The van der Waals surface area contributed by atoms with Crippen molar-refractivity contribution in [2.24, 2.45) is 0 Å². The van der Waals surface area contributed by atoms with E-state index >= 15 is 0 Å². The highest BCUT2D eigenvalue weighted by Crippen LogP contribution is 2.29. The van der Waals surface area contributed by atoms with Crippen molar-refractivity contribution in [3.63, 3.8) is 0 Å². The van der Waals surface area contributed by atoms with Gasteiger partial charge in [-0.2, -0.15) is 0 Å². The summed E-state index contributed by atoms with van der Waals surface area (Å²) in [5.74, 6) is 1.05. The molecule has 0 saturated heterocycles. The van der Waals surface area contributed by atoms with Gasteiger partial charge in [0.25, 0.3) is 5.91 Å². The second kappa shape index (κ2) is 9.78. The van der Waals surface area contributed by atoms with E-state index in [-0.39, 0.29) is 24.9 Å². The van der Waals surface area contributed by atoms with Gasteiger partial charge in [0.2, 0.25) is 5.89 Å². The molecule has 0 spiro atoms. The number of nitrogens with one attached hydrogen (secondary N) is 1. The first-order valence-electron chi connectivity index (χ1n) is 10.0. The van der Waals surface area contributed by atoms with E-state index in [1.807, 2.05) is 12.1 Å². The Kier molecular flexibility index (Phi) is 6.46. The number of ether oxygens (including phenoxy) is 2. The lowest BCUT2D eigenvalue weighted by Gasteiger charge is -2.11. The molecule has 0 fully saturated rings. The Labute approximate surface area is 184 Å². The summed E-state index contributed by atoms with van der Waals surface area (Å²) in [5.41, 5.74) is 1.21. The maximum absolute atomic E-state index is 14.1. The first-order valence-corrected chi connectivity index (χ1v) is 10.0. The van der Waals surface area contributed by atoms with Crippen LogP contribution in [-0.4, -0.2) is 31.2 Å². The Bertz CT molecular complexity index is 1220. The Morgan fingerprint density at radius 2 is 1.66 bits per heavy atom. The van der Waals surface area contributed by atoms with Gasteiger partial charge in [-0.3, -0.25) is 4.79 Å². The Hall–Kier alpha value is -4.13. The summed E-state index contributed by atoms with van der Waals surface area (Å²) in [5, 5.41) is 2.83. The minimum Gasteiger partial charge on any atom is -0.493 e. The van der Waals surface area contributed by atoms with Crippen LogP contribution in [0.1, 0.15) is 10.4 Å². The van der Waals surface area contributed by atoms with Gasteiger partial charge >= 0.3 is 0 Å². The lowest BCUT2D eigenvalue weighted by atomic mass is 10.1. The zero-order valence-corrected chi connectivity index (χ0v) is 17.4. The van der Waals surface area contributed by atoms with Crippen LogP contribution in [0.2, 0.25) is 0 Å². The van der Waals surface area contributed by atoms with Crippen molar-refractivity contribution in [1.82, 2.24) is 10.3 Å². The maximum atomic E-state index is 14.1. The van der Waals surface area contributed by atoms with E-state index in [1.165, 1.54) is 12.3 Å². The van der Waals surface area contributed by atoms with Gasteiger partial charge in [0.15, 0.2) is 17.3 Å². The summed E-state index contributed by atoms with van der Waals surface area (Å²) >= 11 is 0. The molecule has 0 unspecified atom stereocenters. The van der Waals surface area contributed by atoms with Crippen LogP contribution in [-0.2, 0) is 0 Å². The van der Waals surface area contributed by atoms with E-state index in [2.05, 4.69) is 10.3 Å². The normalized spacial score (nSPS) is 10.6. The smallest absolute Gasteiger partial charge is 0.252 e. The number of carbonyl (C=O) groups excluding carboxylic acids is 1. The molecule has 3 aromatic carbocycles. The highest BCUT2D eigenvalue weighted by Gasteiger charge is 2.17. The van der Waals surface area contributed by atoms with Gasteiger partial charge in [-0.25, -0.2) is 9.37 Å². The SMILES string of the molecule is COc1ccccc1OCCNC(=O)c1ccccc1-c1ncc(-c2ccccc2F)o1. The van der Waals surface area contributed by atoms with Crippen LogP contribution >= 0.6 is 0 Å². The Morgan fingerprint density at radius 1 is 0.969 bits per heavy atom. The van der Waals surface area contributed by atoms with Gasteiger partial charge in [-0.1, -0.05) is 36.4 Å². The highest BCUT2D eigenvalue weighted by atomic mass is 19.1. The molecule has 6 nitrogen and oxygen atoms in total. The van der Waals surface area contributed by atoms with Gasteiger partial charge < -0.3 is 19.2 Å². The van der Waals surface area contributed by atoms with E-state index < -0.39 is 5.82 Å². The molecule has 162 valence electrons. The predicted molar refractivity (Wildman–Crippen MR) is 118 cm³/mol. The third-order valence-corrected chi connectivity index (χ3v) is 4.76. The summed E-state index contributed by atoms with van der Waals surface area (Å²) < 4.78 is 30.8. The summed E-state index contributed by atoms with van der Waals surface area (Å²) in [7, 11) is 1.57. The fourth-order valence-corrected chi connectivity index (χ4v) is 3.21. The van der Waals surface area contributed by atoms with Crippen LogP contribution in [0.3, 0.4) is 0 Å². The zero-order chi connectivity index (χ0) is 22.3. The largest absolute Gasteiger partial charge is 0.493 e. The van der Waals surface area contributed by atoms with Crippen molar-refractivity contribution in [2.45, 2.75) is 0 Å². The van der Waals surface area contributed by atoms with Crippen molar-refractivity contribution >= 4 is 5.91 Å². The van der Waals surface area contributed by atoms with Crippen molar-refractivity contribution in [1.29, 1.82) is 0 Å². The molecular weight excluding hydrogens is 411 g/mol. The minimum absolute atomic E-state index is 0.235. The summed E-state index contributed by atoms with van der Waals surface area (Å²) in [6.07, 6.45) is 1.45. The first-order chi connectivity index (χ1) is 15.7. The molecule has 0 saturated carbocycles. The fourth-order valence-electron chi connectivity index (χ4n) is 3.21. The molecule has 0 radical (unpaired) electrons. The van der Waals surface area contributed by atoms with E-state index in [1.54, 1.807) is 61.7 Å². The van der Waals surface area contributed by atoms with Gasteiger partial charge in [0.1, 0.15) is 12.4 Å². The van der Waals surface area contributed by atoms with Gasteiger partial charge in [-0.15, -0.1) is 0 Å². The van der Waals surface area contributed by atoms with Crippen LogP contribution in [0.25, 0.3) is 22.8 Å². The van der Waals surface area contributed by atoms with Crippen molar-refractivity contribution in [3.8, 4) is 34.3 Å². The van der Waals surface area contributed by atoms with Crippen LogP contribution < -0.4 is 14.8 Å². The van der Waals surface area contributed by atoms with Crippen molar-refractivity contribution < 1.29 is 23.1 Å². The number of amides is 1. The lowest BCUT2D eigenvalue weighted by Crippen LogP contribution is -2.28. The highest BCUT2D eigenvalue weighted by molar-refractivity contribution is 6.00. The molecule has 1 heterocycles. The van der Waals surface area contributed by atoms with Crippen LogP contribution in [0.5, 0.6) is 11.5 Å². The fraction of sp³-hybridized carbons (Fsp3) is 0.120. The number of hydrogen-bond donors (Lipinski definition) is 1. The molecule has 1 aromatic heterocycles. The quantitative estimate of drug-likeness (QED) is 0.398. The second-order valence-corrected chi connectivity index (χ2v) is 6.81. The molecule has 32 heavy (non-hydrogen) atoms. The first kappa shape index (κ1) is 21.1. The third-order valence-electron chi connectivity index (χ3n) is 4.76. The molecule has 0 aliphatic carbocycles. The van der Waals surface area contributed by atoms with Crippen molar-refractivity contribution in [3.05, 3.63) is 90.4 Å². The number of aromatic nitrogens is 1. The molecule has 4 aromatic rings. The topological polar surface area (TPSA) is 73.6 Å². The average molecular weight is 432 g/mol. The molecule has 0 aliphatic rings. The standard InChI is InChI=1S/C25H21FN2O4/c1-30-21-12-6-7-13-22(21)31-15-14-27-24(29)17-8-2-3-9-18(17)25-28-16-23(32-25)19-10-4-5-11-20(19)26/h2-13,16H,14-15H2,1H3,(H,27,29). The van der Waals surface area contributed by atoms with E-state index in [9.17, 15) is 9.18 Å². The third kappa shape index (κ3) is 4.62. The number of hydrogen-bond acceptors (Lipinski definition) is 5. The number of halogens is 1. The molecular formula is C25H21FN2O4. The maximum Gasteiger partial charge on any atom is 0.252 e. The van der Waals surface area contributed by atoms with Crippen LogP contribution in [0.15, 0.2) is 83.4 Å². The predicted octanol–water partition coefficient (Wildman–Crippen LogP) is 4.97. The van der Waals surface area contributed by atoms with Gasteiger partial charge in [0, 0.05) is 5.56 Å². The van der Waals surface area contributed by atoms with E-state index in [0.29, 0.717) is 33.9 Å². The number of benzene rings is 3. The number of nitrogens with zero attached hydrogens (tertiary/aromatic N) is 1. The lowest BCUT2D eigenvalue weighted by molar-refractivity contribution is 0.0947. The van der Waals surface area contributed by atoms with Crippen LogP contribution in [0, 0.1) is 5.82 Å². The van der Waals surface area contributed by atoms with E-state index in [0.717, 1.165) is 0 Å². The molecule has 4 rings (SSSR count). The second-order valence-electron chi connectivity index (χ2n) is 6.81. The monoisotopic (exact) mass is 432 g/mol. The molecule has 0 atom stereocenters. The number of oxazole rings is 1. The van der Waals surface area contributed by atoms with Gasteiger partial charge in [-0.05, 0) is 36.4 Å². The van der Waals surface area contributed by atoms with Crippen molar-refractivity contribution in [2.75, 3.05) is 20.3 Å². The molecule has 7 heteroatoms. The summed E-state index contributed by atoms with van der Waals surface area (Å²) in [4.78, 5) is 17.0. The number of para-hydroxylation sites is 2. The average Bonchev–Trinajstić information content (AvgIpc) is 3.32. The molecule has 1 amide bonds. The summed E-state index contributed by atoms with van der Waals surface area (Å²) in [6.45, 7) is 0.558. The molecule has 0 bridgehead atoms. The summed E-state index contributed by atoms with van der Waals surface area (Å²) in [6, 6.07) is 20.5. The van der Waals surface area contributed by atoms with E-state index in [4.69, 9.17) is 13.9 Å². The molecule has 1 N–H and O–H groups in total. The minimum atomic E-state index is -0.406. The zero-order valence-electron chi connectivity index (χ0n) is 17.4. The number of carbonyl (C=O) groups is 1. The number of methoxy groups -OCH3 is 1. The van der Waals surface area contributed by atoms with Crippen LogP contribution in [0.4, 0.5) is 4.39 Å². The Morgan fingerprint density at radius 3 is 2.44 bits per heavy atom.